The van der Waals surface area contributed by atoms with E-state index in [1.165, 1.54) is 231 Å². The molecule has 0 unspecified atom stereocenters. The van der Waals surface area contributed by atoms with E-state index in [1.807, 2.05) is 0 Å². The van der Waals surface area contributed by atoms with Gasteiger partial charge in [-0.1, -0.05) is 220 Å². The summed E-state index contributed by atoms with van der Waals surface area (Å²) in [5.41, 5.74) is 0. The van der Waals surface area contributed by atoms with E-state index < -0.39 is 0 Å². The zero-order valence-corrected chi connectivity index (χ0v) is 45.9. The minimum absolute atomic E-state index is 0.0178. The average Bonchev–Trinajstić information content (AvgIpc) is 3.31. The van der Waals surface area contributed by atoms with Crippen LogP contribution in [0, 0.1) is 11.8 Å². The Morgan fingerprint density at radius 2 is 0.910 bits per heavy atom. The topological polar surface area (TPSA) is 82.1 Å². The number of rotatable bonds is 50. The Morgan fingerprint density at radius 3 is 1.42 bits per heavy atom. The van der Waals surface area contributed by atoms with Crippen molar-refractivity contribution < 1.29 is 19.4 Å². The van der Waals surface area contributed by atoms with Crippen LogP contribution in [0.15, 0.2) is 0 Å². The monoisotopic (exact) mass is 946 g/mol. The first-order valence-corrected chi connectivity index (χ1v) is 30.5. The molecule has 0 saturated heterocycles. The largest absolute Gasteiger partial charge is 0.466 e. The van der Waals surface area contributed by atoms with E-state index in [1.54, 1.807) is 0 Å². The molecule has 67 heavy (non-hydrogen) atoms. The quantitative estimate of drug-likeness (QED) is 0.0467. The molecule has 398 valence electrons. The molecule has 1 aliphatic carbocycles. The van der Waals surface area contributed by atoms with E-state index in [9.17, 15) is 14.7 Å². The lowest BCUT2D eigenvalue weighted by Gasteiger charge is -2.35. The molecule has 0 heterocycles. The van der Waals surface area contributed by atoms with Crippen LogP contribution in [0.2, 0.25) is 0 Å². The van der Waals surface area contributed by atoms with Crippen molar-refractivity contribution in [1.29, 1.82) is 0 Å². The Hall–Kier alpha value is -1.18. The van der Waals surface area contributed by atoms with Gasteiger partial charge in [-0.2, -0.15) is 0 Å². The molecular formula is C60H119N3O4. The minimum Gasteiger partial charge on any atom is -0.466 e. The lowest BCUT2D eigenvalue weighted by atomic mass is 9.91. The van der Waals surface area contributed by atoms with Crippen molar-refractivity contribution in [1.82, 2.24) is 15.1 Å². The van der Waals surface area contributed by atoms with E-state index in [4.69, 9.17) is 4.74 Å². The summed E-state index contributed by atoms with van der Waals surface area (Å²) in [4.78, 5) is 31.4. The summed E-state index contributed by atoms with van der Waals surface area (Å²) in [6, 6.07) is 0.664. The first-order chi connectivity index (χ1) is 33.0. The number of nitrogens with zero attached hydrogens (tertiary/aromatic N) is 2. The third kappa shape index (κ3) is 41.2. The lowest BCUT2D eigenvalue weighted by Crippen LogP contribution is -2.43. The number of unbranched alkanes of at least 4 members (excludes halogenated alkanes) is 24. The number of ether oxygens (including phenoxy) is 1. The number of amides is 1. The summed E-state index contributed by atoms with van der Waals surface area (Å²) in [5, 5.41) is 13.3. The second kappa shape index (κ2) is 49.8. The molecule has 7 nitrogen and oxygen atoms in total. The van der Waals surface area contributed by atoms with Gasteiger partial charge in [-0.25, -0.2) is 0 Å². The number of nitrogens with one attached hydrogen (secondary N) is 1. The molecule has 0 atom stereocenters. The first-order valence-electron chi connectivity index (χ1n) is 30.5. The predicted octanol–water partition coefficient (Wildman–Crippen LogP) is 16.7. The van der Waals surface area contributed by atoms with Crippen LogP contribution in [0.5, 0.6) is 0 Å². The average molecular weight is 947 g/mol. The van der Waals surface area contributed by atoms with Crippen molar-refractivity contribution in [3.05, 3.63) is 0 Å². The Bertz CT molecular complexity index is 1000. The summed E-state index contributed by atoms with van der Waals surface area (Å²) in [7, 11) is 0. The number of aliphatic hydroxyl groups excluding tert-OH is 1. The number of esters is 1. The third-order valence-electron chi connectivity index (χ3n) is 15.3. The van der Waals surface area contributed by atoms with Crippen molar-refractivity contribution in [2.45, 2.75) is 310 Å². The van der Waals surface area contributed by atoms with Gasteiger partial charge >= 0.3 is 5.97 Å². The molecule has 0 aliphatic heterocycles. The fourth-order valence-electron chi connectivity index (χ4n) is 10.8. The maximum atomic E-state index is 13.2. The lowest BCUT2D eigenvalue weighted by molar-refractivity contribution is -0.145. The van der Waals surface area contributed by atoms with Crippen LogP contribution in [0.3, 0.4) is 0 Å². The van der Waals surface area contributed by atoms with Gasteiger partial charge in [-0.15, -0.1) is 0 Å². The van der Waals surface area contributed by atoms with E-state index >= 15 is 0 Å². The SMILES string of the molecule is CCCCCCCCC(CCCCCCCC)CC(=O)NCCCCCN(CCN(CCO)CCCCCOC(=O)CC(CCCCCCCC)CCCCCCCC)C1CCCCCCC1. The van der Waals surface area contributed by atoms with Gasteiger partial charge in [0.15, 0.2) is 0 Å². The van der Waals surface area contributed by atoms with Crippen LogP contribution >= 0.6 is 0 Å². The van der Waals surface area contributed by atoms with Crippen LogP contribution in [0.25, 0.3) is 0 Å². The van der Waals surface area contributed by atoms with E-state index in [2.05, 4.69) is 42.8 Å². The molecule has 0 aromatic rings. The van der Waals surface area contributed by atoms with Crippen molar-refractivity contribution >= 4 is 11.9 Å². The van der Waals surface area contributed by atoms with Crippen molar-refractivity contribution in [3.8, 4) is 0 Å². The van der Waals surface area contributed by atoms with E-state index in [-0.39, 0.29) is 18.5 Å². The molecule has 0 aromatic carbocycles. The minimum atomic E-state index is 0.0178. The highest BCUT2D eigenvalue weighted by atomic mass is 16.5. The van der Waals surface area contributed by atoms with Gasteiger partial charge < -0.3 is 15.2 Å². The second-order valence-corrected chi connectivity index (χ2v) is 21.7. The van der Waals surface area contributed by atoms with E-state index in [0.717, 1.165) is 77.8 Å². The summed E-state index contributed by atoms with van der Waals surface area (Å²) in [6.45, 7) is 15.6. The van der Waals surface area contributed by atoms with Crippen molar-refractivity contribution in [2.75, 3.05) is 52.5 Å². The maximum absolute atomic E-state index is 13.2. The third-order valence-corrected chi connectivity index (χ3v) is 15.3. The molecule has 1 amide bonds. The Kier molecular flexibility index (Phi) is 47.4. The van der Waals surface area contributed by atoms with Gasteiger partial charge in [0.2, 0.25) is 5.91 Å². The van der Waals surface area contributed by atoms with Gasteiger partial charge in [-0.3, -0.25) is 19.4 Å². The van der Waals surface area contributed by atoms with Crippen molar-refractivity contribution in [3.63, 3.8) is 0 Å². The Morgan fingerprint density at radius 1 is 0.478 bits per heavy atom. The maximum Gasteiger partial charge on any atom is 0.306 e. The van der Waals surface area contributed by atoms with Gasteiger partial charge in [0.25, 0.3) is 0 Å². The fourth-order valence-corrected chi connectivity index (χ4v) is 10.8. The van der Waals surface area contributed by atoms with Crippen LogP contribution in [-0.4, -0.2) is 85.3 Å². The molecule has 0 bridgehead atoms. The Labute approximate surface area is 419 Å². The van der Waals surface area contributed by atoms with Gasteiger partial charge in [0.05, 0.1) is 13.2 Å². The van der Waals surface area contributed by atoms with Gasteiger partial charge in [0.1, 0.15) is 0 Å². The smallest absolute Gasteiger partial charge is 0.306 e. The van der Waals surface area contributed by atoms with Crippen molar-refractivity contribution in [2.24, 2.45) is 11.8 Å². The predicted molar refractivity (Wildman–Crippen MR) is 291 cm³/mol. The number of hydrogen-bond donors (Lipinski definition) is 2. The van der Waals surface area contributed by atoms with Crippen LogP contribution in [0.4, 0.5) is 0 Å². The first kappa shape index (κ1) is 63.8. The number of hydrogen-bond acceptors (Lipinski definition) is 6. The zero-order valence-electron chi connectivity index (χ0n) is 45.9. The molecule has 1 fully saturated rings. The molecular weight excluding hydrogens is 827 g/mol. The van der Waals surface area contributed by atoms with Crippen LogP contribution < -0.4 is 5.32 Å². The van der Waals surface area contributed by atoms with E-state index in [0.29, 0.717) is 30.9 Å². The molecule has 0 aromatic heterocycles. The summed E-state index contributed by atoms with van der Waals surface area (Å²) in [5.74, 6) is 1.33. The summed E-state index contributed by atoms with van der Waals surface area (Å²) >= 11 is 0. The van der Waals surface area contributed by atoms with Gasteiger partial charge in [0, 0.05) is 45.1 Å². The molecule has 1 rings (SSSR count). The highest BCUT2D eigenvalue weighted by molar-refractivity contribution is 5.76. The fraction of sp³-hybridized carbons (Fsp3) is 0.967. The highest BCUT2D eigenvalue weighted by Crippen LogP contribution is 2.25. The molecule has 7 heteroatoms. The molecule has 1 aliphatic rings. The number of aliphatic hydroxyl groups is 1. The second-order valence-electron chi connectivity index (χ2n) is 21.7. The summed E-state index contributed by atoms with van der Waals surface area (Å²) in [6.07, 6.45) is 53.7. The number of carbonyl (C=O) groups is 2. The normalized spacial score (nSPS) is 13.9. The summed E-state index contributed by atoms with van der Waals surface area (Å²) < 4.78 is 5.83. The molecule has 2 N–H and O–H groups in total. The zero-order chi connectivity index (χ0) is 48.5. The van der Waals surface area contributed by atoms with Crippen LogP contribution in [-0.2, 0) is 14.3 Å². The molecule has 1 saturated carbocycles. The standard InChI is InChI=1S/C60H119N3O4/c1-5-9-13-17-22-30-40-56(41-31-23-18-14-10-6-2)54-59(65)61-46-36-28-38-48-63(58-44-34-26-21-27-35-45-58)50-49-62(51-52-64)47-37-29-39-53-67-60(66)55-57(42-32-24-19-15-11-7-3)43-33-25-20-16-12-8-4/h56-58,64H,5-55H2,1-4H3,(H,61,65). The molecule has 0 spiro atoms. The molecule has 0 radical (unpaired) electrons. The number of carbonyl (C=O) groups excluding carboxylic acids is 2. The van der Waals surface area contributed by atoms with Gasteiger partial charge in [-0.05, 0) is 95.6 Å². The Balaban J connectivity index is 2.53. The highest BCUT2D eigenvalue weighted by Gasteiger charge is 2.21. The van der Waals surface area contributed by atoms with Crippen LogP contribution in [0.1, 0.15) is 304 Å².